The van der Waals surface area contributed by atoms with Gasteiger partial charge in [0.2, 0.25) is 0 Å². The summed E-state index contributed by atoms with van der Waals surface area (Å²) in [6, 6.07) is 7.99. The van der Waals surface area contributed by atoms with Crippen molar-refractivity contribution in [3.05, 3.63) is 46.7 Å². The molecule has 1 aromatic heterocycles. The van der Waals surface area contributed by atoms with Crippen molar-refractivity contribution in [3.8, 4) is 11.3 Å². The Bertz CT molecular complexity index is 451. The van der Waals surface area contributed by atoms with E-state index in [2.05, 4.69) is 9.68 Å². The molecule has 0 atom stereocenters. The van der Waals surface area contributed by atoms with Crippen LogP contribution in [0.15, 0.2) is 41.1 Å². The number of benzene rings is 1. The molecule has 0 amide bonds. The molecular weight excluding hydrogens is 184 g/mol. The molecule has 14 heavy (non-hydrogen) atoms. The van der Waals surface area contributed by atoms with Gasteiger partial charge < -0.3 is 4.52 Å². The van der Waals surface area contributed by atoms with Crippen LogP contribution in [0, 0.1) is 10.1 Å². The summed E-state index contributed by atoms with van der Waals surface area (Å²) in [5.41, 5.74) is 0.963. The number of aromatic nitrogens is 1. The van der Waals surface area contributed by atoms with E-state index in [4.69, 9.17) is 0 Å². The minimum absolute atomic E-state index is 0.0291. The number of nitrogens with zero attached hydrogens (tertiary/aromatic N) is 2. The van der Waals surface area contributed by atoms with Gasteiger partial charge in [-0.25, -0.2) is 0 Å². The van der Waals surface area contributed by atoms with Crippen LogP contribution in [0.3, 0.4) is 0 Å². The molecule has 0 saturated carbocycles. The van der Waals surface area contributed by atoms with Gasteiger partial charge in [0.15, 0.2) is 0 Å². The molecule has 1 aromatic carbocycles. The fourth-order valence-corrected chi connectivity index (χ4v) is 1.20. The molecule has 0 radical (unpaired) electrons. The van der Waals surface area contributed by atoms with Crippen LogP contribution in [0.5, 0.6) is 0 Å². The maximum absolute atomic E-state index is 10.7. The van der Waals surface area contributed by atoms with Crippen LogP contribution in [-0.4, -0.2) is 10.1 Å². The van der Waals surface area contributed by atoms with Gasteiger partial charge in [0.1, 0.15) is 12.0 Å². The van der Waals surface area contributed by atoms with E-state index in [9.17, 15) is 10.1 Å². The first-order chi connectivity index (χ1) is 6.79. The average Bonchev–Trinajstić information content (AvgIpc) is 2.70. The quantitative estimate of drug-likeness (QED) is 0.537. The zero-order chi connectivity index (χ0) is 9.97. The Kier molecular flexibility index (Phi) is 1.98. The first kappa shape index (κ1) is 8.43. The number of nitro benzene ring substituents is 1. The van der Waals surface area contributed by atoms with E-state index < -0.39 is 4.92 Å². The molecule has 0 unspecified atom stereocenters. The molecule has 0 bridgehead atoms. The van der Waals surface area contributed by atoms with Crippen molar-refractivity contribution < 1.29 is 9.45 Å². The molecule has 0 aliphatic heterocycles. The zero-order valence-electron chi connectivity index (χ0n) is 7.08. The van der Waals surface area contributed by atoms with E-state index in [-0.39, 0.29) is 5.69 Å². The van der Waals surface area contributed by atoms with Crippen molar-refractivity contribution in [1.29, 1.82) is 0 Å². The third kappa shape index (κ3) is 1.35. The second kappa shape index (κ2) is 3.29. The lowest BCUT2D eigenvalue weighted by Gasteiger charge is -1.96. The molecule has 1 heterocycles. The maximum atomic E-state index is 10.7. The highest BCUT2D eigenvalue weighted by atomic mass is 16.6. The fourth-order valence-electron chi connectivity index (χ4n) is 1.20. The highest BCUT2D eigenvalue weighted by Crippen LogP contribution is 2.27. The number of nitro groups is 1. The third-order valence-electron chi connectivity index (χ3n) is 1.81. The van der Waals surface area contributed by atoms with Gasteiger partial charge in [-0.3, -0.25) is 10.1 Å². The predicted octanol–water partition coefficient (Wildman–Crippen LogP) is 2.25. The number of hydrogen-bond donors (Lipinski definition) is 0. The highest BCUT2D eigenvalue weighted by Gasteiger charge is 2.15. The van der Waals surface area contributed by atoms with Gasteiger partial charge in [0.05, 0.1) is 10.5 Å². The lowest BCUT2D eigenvalue weighted by molar-refractivity contribution is -0.384. The van der Waals surface area contributed by atoms with Crippen molar-refractivity contribution >= 4 is 5.69 Å². The van der Waals surface area contributed by atoms with Crippen molar-refractivity contribution in [2.45, 2.75) is 0 Å². The Labute approximate surface area is 79.1 Å². The molecular formula is C9H6N2O3. The van der Waals surface area contributed by atoms with Crippen LogP contribution < -0.4 is 0 Å². The smallest absolute Gasteiger partial charge is 0.278 e. The Morgan fingerprint density at radius 1 is 1.29 bits per heavy atom. The third-order valence-corrected chi connectivity index (χ3v) is 1.81. The van der Waals surface area contributed by atoms with Crippen molar-refractivity contribution in [3.63, 3.8) is 0 Å². The van der Waals surface area contributed by atoms with Gasteiger partial charge in [0, 0.05) is 12.1 Å². The van der Waals surface area contributed by atoms with Crippen molar-refractivity contribution in [1.82, 2.24) is 5.16 Å². The summed E-state index contributed by atoms with van der Waals surface area (Å²) >= 11 is 0. The normalized spacial score (nSPS) is 10.0. The molecule has 0 saturated heterocycles. The molecule has 5 heteroatoms. The summed E-state index contributed by atoms with van der Waals surface area (Å²) in [4.78, 5) is 10.2. The van der Waals surface area contributed by atoms with Gasteiger partial charge in [-0.15, -0.1) is 0 Å². The van der Waals surface area contributed by atoms with Crippen LogP contribution in [0.4, 0.5) is 5.69 Å². The monoisotopic (exact) mass is 190 g/mol. The van der Waals surface area contributed by atoms with Crippen molar-refractivity contribution in [2.75, 3.05) is 0 Å². The molecule has 70 valence electrons. The molecule has 0 spiro atoms. The van der Waals surface area contributed by atoms with Crippen LogP contribution in [0.2, 0.25) is 0 Å². The van der Waals surface area contributed by atoms with Gasteiger partial charge in [-0.2, -0.15) is 0 Å². The van der Waals surface area contributed by atoms with Crippen LogP contribution in [0.1, 0.15) is 0 Å². The molecule has 2 rings (SSSR count). The Hall–Kier alpha value is -2.17. The van der Waals surface area contributed by atoms with Crippen LogP contribution >= 0.6 is 0 Å². The van der Waals surface area contributed by atoms with Crippen LogP contribution in [0.25, 0.3) is 11.3 Å². The number of para-hydroxylation sites is 1. The molecule has 0 fully saturated rings. The van der Waals surface area contributed by atoms with Gasteiger partial charge >= 0.3 is 0 Å². The molecule has 0 aliphatic rings. The van der Waals surface area contributed by atoms with E-state index in [1.54, 1.807) is 24.3 Å². The van der Waals surface area contributed by atoms with Gasteiger partial charge in [0.25, 0.3) is 5.69 Å². The minimum atomic E-state index is -0.440. The van der Waals surface area contributed by atoms with Gasteiger partial charge in [-0.05, 0) is 6.07 Å². The summed E-state index contributed by atoms with van der Waals surface area (Å²) in [6.45, 7) is 0. The molecule has 0 N–H and O–H groups in total. The second-order valence-electron chi connectivity index (χ2n) is 2.66. The summed E-state index contributed by atoms with van der Waals surface area (Å²) in [6.07, 6.45) is 1.38. The molecule has 2 aromatic rings. The second-order valence-corrected chi connectivity index (χ2v) is 2.66. The van der Waals surface area contributed by atoms with Crippen LogP contribution in [-0.2, 0) is 0 Å². The number of rotatable bonds is 2. The topological polar surface area (TPSA) is 69.2 Å². The molecule has 0 aliphatic carbocycles. The first-order valence-corrected chi connectivity index (χ1v) is 3.93. The summed E-state index contributed by atoms with van der Waals surface area (Å²) in [7, 11) is 0. The van der Waals surface area contributed by atoms with E-state index in [1.165, 1.54) is 12.3 Å². The Morgan fingerprint density at radius 2 is 2.07 bits per heavy atom. The van der Waals surface area contributed by atoms with E-state index >= 15 is 0 Å². The highest BCUT2D eigenvalue weighted by molar-refractivity contribution is 5.69. The molecule has 5 nitrogen and oxygen atoms in total. The summed E-state index contributed by atoms with van der Waals surface area (Å²) in [5.74, 6) is 0. The van der Waals surface area contributed by atoms with Crippen molar-refractivity contribution in [2.24, 2.45) is 0 Å². The summed E-state index contributed by atoms with van der Waals surface area (Å²) in [5, 5.41) is 14.3. The van der Waals surface area contributed by atoms with E-state index in [1.807, 2.05) is 0 Å². The predicted molar refractivity (Wildman–Crippen MR) is 48.6 cm³/mol. The minimum Gasteiger partial charge on any atom is -0.364 e. The average molecular weight is 190 g/mol. The Morgan fingerprint density at radius 3 is 2.71 bits per heavy atom. The largest absolute Gasteiger partial charge is 0.364 e. The van der Waals surface area contributed by atoms with Gasteiger partial charge in [-0.1, -0.05) is 17.3 Å². The lowest BCUT2D eigenvalue weighted by Crippen LogP contribution is -1.91. The first-order valence-electron chi connectivity index (χ1n) is 3.93. The standard InChI is InChI=1S/C9H6N2O3/c12-11(13)9-4-2-1-3-7(9)8-5-6-14-10-8/h1-6H. The van der Waals surface area contributed by atoms with E-state index in [0.717, 1.165) is 0 Å². The number of hydrogen-bond acceptors (Lipinski definition) is 4. The lowest BCUT2D eigenvalue weighted by atomic mass is 10.1. The SMILES string of the molecule is O=[N+]([O-])c1ccccc1-c1ccon1. The zero-order valence-corrected chi connectivity index (χ0v) is 7.08. The Balaban J connectivity index is 2.58. The van der Waals surface area contributed by atoms with E-state index in [0.29, 0.717) is 11.3 Å². The summed E-state index contributed by atoms with van der Waals surface area (Å²) < 4.78 is 4.63. The fraction of sp³-hybridized carbons (Fsp3) is 0. The maximum Gasteiger partial charge on any atom is 0.278 e.